The Hall–Kier alpha value is -2.11. The molecule has 2 fully saturated rings. The minimum atomic E-state index is -0.748. The molecule has 2 aliphatic rings. The first kappa shape index (κ1) is 17.7. The van der Waals surface area contributed by atoms with Gasteiger partial charge in [-0.3, -0.25) is 9.59 Å². The Morgan fingerprint density at radius 2 is 1.84 bits per heavy atom. The van der Waals surface area contributed by atoms with Crippen LogP contribution in [0.15, 0.2) is 18.3 Å². The molecule has 136 valence electrons. The number of carboxylic acid groups (broad SMARTS) is 1. The molecule has 3 rings (SSSR count). The van der Waals surface area contributed by atoms with E-state index in [9.17, 15) is 14.7 Å². The highest BCUT2D eigenvalue weighted by molar-refractivity contribution is 5.94. The molecule has 3 heterocycles. The van der Waals surface area contributed by atoms with E-state index in [1.165, 1.54) is 0 Å². The summed E-state index contributed by atoms with van der Waals surface area (Å²) in [5.41, 5.74) is 0.609. The monoisotopic (exact) mass is 345 g/mol. The SMILES string of the molecule is CC1CCN(C(=O)c2ccc(N3CC(C)CC(C(=O)O)C3)nc2)CC1. The Labute approximate surface area is 148 Å². The van der Waals surface area contributed by atoms with Gasteiger partial charge in [-0.05, 0) is 43.2 Å². The number of aliphatic carboxylic acids is 1. The minimum absolute atomic E-state index is 0.0429. The molecule has 25 heavy (non-hydrogen) atoms. The molecule has 0 bridgehead atoms. The topological polar surface area (TPSA) is 73.7 Å². The van der Waals surface area contributed by atoms with Crippen LogP contribution in [-0.2, 0) is 4.79 Å². The van der Waals surface area contributed by atoms with Gasteiger partial charge >= 0.3 is 5.97 Å². The van der Waals surface area contributed by atoms with Crippen LogP contribution in [0.3, 0.4) is 0 Å². The molecule has 2 unspecified atom stereocenters. The maximum atomic E-state index is 12.6. The first-order valence-electron chi connectivity index (χ1n) is 9.17. The summed E-state index contributed by atoms with van der Waals surface area (Å²) < 4.78 is 0. The minimum Gasteiger partial charge on any atom is -0.481 e. The van der Waals surface area contributed by atoms with Gasteiger partial charge in [0.1, 0.15) is 5.82 Å². The number of likely N-dealkylation sites (tertiary alicyclic amines) is 1. The lowest BCUT2D eigenvalue weighted by molar-refractivity contribution is -0.142. The van der Waals surface area contributed by atoms with Crippen molar-refractivity contribution in [1.82, 2.24) is 9.88 Å². The second-order valence-electron chi connectivity index (χ2n) is 7.66. The number of hydrogen-bond donors (Lipinski definition) is 1. The van der Waals surface area contributed by atoms with E-state index in [0.717, 1.165) is 38.3 Å². The molecule has 6 heteroatoms. The molecule has 0 radical (unpaired) electrons. The number of anilines is 1. The van der Waals surface area contributed by atoms with Crippen LogP contribution in [0.25, 0.3) is 0 Å². The third kappa shape index (κ3) is 4.11. The molecule has 6 nitrogen and oxygen atoms in total. The second kappa shape index (κ2) is 7.42. The first-order valence-corrected chi connectivity index (χ1v) is 9.17. The largest absolute Gasteiger partial charge is 0.481 e. The number of pyridine rings is 1. The zero-order chi connectivity index (χ0) is 18.0. The van der Waals surface area contributed by atoms with Crippen LogP contribution >= 0.6 is 0 Å². The van der Waals surface area contributed by atoms with E-state index in [2.05, 4.69) is 18.8 Å². The first-order chi connectivity index (χ1) is 11.9. The fourth-order valence-electron chi connectivity index (χ4n) is 3.81. The van der Waals surface area contributed by atoms with Gasteiger partial charge in [0.15, 0.2) is 0 Å². The molecule has 1 N–H and O–H groups in total. The lowest BCUT2D eigenvalue weighted by Gasteiger charge is -2.35. The number of nitrogens with zero attached hydrogens (tertiary/aromatic N) is 3. The maximum absolute atomic E-state index is 12.6. The summed E-state index contributed by atoms with van der Waals surface area (Å²) in [4.78, 5) is 32.3. The summed E-state index contributed by atoms with van der Waals surface area (Å²) in [6.45, 7) is 7.19. The highest BCUT2D eigenvalue weighted by Gasteiger charge is 2.30. The highest BCUT2D eigenvalue weighted by Crippen LogP contribution is 2.26. The van der Waals surface area contributed by atoms with Crippen LogP contribution in [0, 0.1) is 17.8 Å². The number of hydrogen-bond acceptors (Lipinski definition) is 4. The van der Waals surface area contributed by atoms with Crippen molar-refractivity contribution < 1.29 is 14.7 Å². The van der Waals surface area contributed by atoms with Crippen LogP contribution in [-0.4, -0.2) is 53.0 Å². The van der Waals surface area contributed by atoms with Crippen LogP contribution in [0.5, 0.6) is 0 Å². The fraction of sp³-hybridized carbons (Fsp3) is 0.632. The molecule has 0 saturated carbocycles. The van der Waals surface area contributed by atoms with Gasteiger partial charge in [-0.2, -0.15) is 0 Å². The van der Waals surface area contributed by atoms with E-state index in [0.29, 0.717) is 30.4 Å². The van der Waals surface area contributed by atoms with Crippen molar-refractivity contribution in [2.24, 2.45) is 17.8 Å². The van der Waals surface area contributed by atoms with Gasteiger partial charge in [-0.1, -0.05) is 13.8 Å². The van der Waals surface area contributed by atoms with Crippen LogP contribution in [0.2, 0.25) is 0 Å². The van der Waals surface area contributed by atoms with Crippen molar-refractivity contribution in [3.63, 3.8) is 0 Å². The fourth-order valence-corrected chi connectivity index (χ4v) is 3.81. The van der Waals surface area contributed by atoms with E-state index in [1.54, 1.807) is 6.20 Å². The van der Waals surface area contributed by atoms with Gasteiger partial charge in [0.25, 0.3) is 5.91 Å². The number of carbonyl (C=O) groups excluding carboxylic acids is 1. The van der Waals surface area contributed by atoms with Crippen molar-refractivity contribution in [3.8, 4) is 0 Å². The summed E-state index contributed by atoms with van der Waals surface area (Å²) in [6, 6.07) is 3.66. The van der Waals surface area contributed by atoms with Gasteiger partial charge in [0.2, 0.25) is 0 Å². The van der Waals surface area contributed by atoms with Gasteiger partial charge < -0.3 is 14.9 Å². The second-order valence-corrected chi connectivity index (χ2v) is 7.66. The third-order valence-corrected chi connectivity index (χ3v) is 5.40. The van der Waals surface area contributed by atoms with Crippen molar-refractivity contribution in [1.29, 1.82) is 0 Å². The molecule has 2 saturated heterocycles. The molecule has 2 aliphatic heterocycles. The average molecular weight is 345 g/mol. The summed E-state index contributed by atoms with van der Waals surface area (Å²) >= 11 is 0. The van der Waals surface area contributed by atoms with Crippen LogP contribution in [0.4, 0.5) is 5.82 Å². The zero-order valence-electron chi connectivity index (χ0n) is 15.0. The smallest absolute Gasteiger partial charge is 0.308 e. The molecular formula is C19H27N3O3. The summed E-state index contributed by atoms with van der Waals surface area (Å²) in [7, 11) is 0. The van der Waals surface area contributed by atoms with Crippen LogP contribution < -0.4 is 4.90 Å². The molecule has 2 atom stereocenters. The molecule has 0 aliphatic carbocycles. The van der Waals surface area contributed by atoms with Crippen molar-refractivity contribution in [2.45, 2.75) is 33.1 Å². The molecule has 1 aromatic heterocycles. The predicted octanol–water partition coefficient (Wildman–Crippen LogP) is 2.50. The number of amides is 1. The van der Waals surface area contributed by atoms with Gasteiger partial charge in [0.05, 0.1) is 11.5 Å². The lowest BCUT2D eigenvalue weighted by atomic mass is 9.90. The standard InChI is InChI=1S/C19H27N3O3/c1-13-5-7-21(8-6-13)18(23)15-3-4-17(20-10-15)22-11-14(2)9-16(12-22)19(24)25/h3-4,10,13-14,16H,5-9,11-12H2,1-2H3,(H,24,25). The highest BCUT2D eigenvalue weighted by atomic mass is 16.4. The van der Waals surface area contributed by atoms with Gasteiger partial charge in [-0.25, -0.2) is 4.98 Å². The molecule has 1 aromatic rings. The number of aromatic nitrogens is 1. The Bertz CT molecular complexity index is 623. The van der Waals surface area contributed by atoms with Crippen LogP contribution in [0.1, 0.15) is 43.5 Å². The zero-order valence-corrected chi connectivity index (χ0v) is 15.0. The third-order valence-electron chi connectivity index (χ3n) is 5.40. The average Bonchev–Trinajstić information content (AvgIpc) is 2.61. The van der Waals surface area contributed by atoms with Crippen molar-refractivity contribution in [3.05, 3.63) is 23.9 Å². The van der Waals surface area contributed by atoms with Crippen molar-refractivity contribution >= 4 is 17.7 Å². The van der Waals surface area contributed by atoms with Crippen molar-refractivity contribution in [2.75, 3.05) is 31.1 Å². The Kier molecular flexibility index (Phi) is 5.25. The Morgan fingerprint density at radius 3 is 2.44 bits per heavy atom. The summed E-state index contributed by atoms with van der Waals surface area (Å²) in [6.07, 6.45) is 4.44. The van der Waals surface area contributed by atoms with Gasteiger partial charge in [0, 0.05) is 32.4 Å². The number of rotatable bonds is 3. The summed E-state index contributed by atoms with van der Waals surface area (Å²) in [5.74, 6) is 0.689. The molecule has 0 aromatic carbocycles. The molecule has 1 amide bonds. The Balaban J connectivity index is 1.67. The number of carboxylic acids is 1. The normalized spacial score (nSPS) is 25.0. The van der Waals surface area contributed by atoms with E-state index in [4.69, 9.17) is 0 Å². The predicted molar refractivity (Wildman–Crippen MR) is 95.7 cm³/mol. The Morgan fingerprint density at radius 1 is 1.12 bits per heavy atom. The summed E-state index contributed by atoms with van der Waals surface area (Å²) in [5, 5.41) is 9.30. The number of piperidine rings is 2. The number of carbonyl (C=O) groups is 2. The van der Waals surface area contributed by atoms with Gasteiger partial charge in [-0.15, -0.1) is 0 Å². The van der Waals surface area contributed by atoms with E-state index < -0.39 is 5.97 Å². The molecule has 0 spiro atoms. The quantitative estimate of drug-likeness (QED) is 0.911. The van der Waals surface area contributed by atoms with E-state index >= 15 is 0 Å². The lowest BCUT2D eigenvalue weighted by Crippen LogP contribution is -2.43. The molecular weight excluding hydrogens is 318 g/mol. The van der Waals surface area contributed by atoms with E-state index in [1.807, 2.05) is 21.9 Å². The van der Waals surface area contributed by atoms with E-state index in [-0.39, 0.29) is 11.8 Å². The maximum Gasteiger partial charge on any atom is 0.308 e.